The van der Waals surface area contributed by atoms with Crippen LogP contribution in [0.2, 0.25) is 0 Å². The third-order valence-corrected chi connectivity index (χ3v) is 2.19. The minimum Gasteiger partial charge on any atom is -0.379 e. The fraction of sp³-hybridized carbons (Fsp3) is 0.455. The Morgan fingerprint density at radius 2 is 1.92 bits per heavy atom. The first-order valence-corrected chi connectivity index (χ1v) is 4.15. The molecule has 1 nitrogen and oxygen atoms in total. The number of ether oxygens (including phenoxy) is 1. The van der Waals surface area contributed by atoms with Crippen LogP contribution in [0.25, 0.3) is 0 Å². The minimum atomic E-state index is 0.173. The van der Waals surface area contributed by atoms with Crippen molar-refractivity contribution in [3.8, 4) is 0 Å². The van der Waals surface area contributed by atoms with E-state index in [1.165, 1.54) is 0 Å². The first-order chi connectivity index (χ1) is 5.54. The van der Waals surface area contributed by atoms with Gasteiger partial charge in [-0.2, -0.15) is 0 Å². The topological polar surface area (TPSA) is 9.23 Å². The highest BCUT2D eigenvalue weighted by molar-refractivity contribution is 5.29. The third kappa shape index (κ3) is 1.86. The van der Waals surface area contributed by atoms with Gasteiger partial charge in [-0.3, -0.25) is 0 Å². The first kappa shape index (κ1) is 9.27. The second-order valence-corrected chi connectivity index (χ2v) is 3.76. The minimum absolute atomic E-state index is 0.173. The molecule has 1 saturated heterocycles. The zero-order valence-corrected chi connectivity index (χ0v) is 7.89. The van der Waals surface area contributed by atoms with Crippen LogP contribution in [0.4, 0.5) is 0 Å². The summed E-state index contributed by atoms with van der Waals surface area (Å²) in [7, 11) is 0. The smallest absolute Gasteiger partial charge is 0.0582 e. The molecule has 66 valence electrons. The summed E-state index contributed by atoms with van der Waals surface area (Å²) in [6.07, 6.45) is 4.02. The molecule has 1 fully saturated rings. The van der Waals surface area contributed by atoms with Crippen molar-refractivity contribution in [1.29, 1.82) is 0 Å². The molecule has 1 rings (SSSR count). The molecule has 0 atom stereocenters. The lowest BCUT2D eigenvalue weighted by Crippen LogP contribution is -2.40. The normalized spacial score (nSPS) is 20.5. The number of allylic oxidation sites excluding steroid dienone is 3. The monoisotopic (exact) mass is 164 g/mol. The van der Waals surface area contributed by atoms with Gasteiger partial charge in [-0.25, -0.2) is 0 Å². The van der Waals surface area contributed by atoms with Gasteiger partial charge in [0, 0.05) is 5.41 Å². The maximum Gasteiger partial charge on any atom is 0.0582 e. The zero-order chi connectivity index (χ0) is 9.19. The van der Waals surface area contributed by atoms with E-state index < -0.39 is 0 Å². The van der Waals surface area contributed by atoms with E-state index in [0.717, 1.165) is 24.4 Å². The molecule has 1 aliphatic heterocycles. The lowest BCUT2D eigenvalue weighted by atomic mass is 9.81. The van der Waals surface area contributed by atoms with E-state index in [-0.39, 0.29) is 5.41 Å². The number of hydrogen-bond acceptors (Lipinski definition) is 1. The maximum atomic E-state index is 5.15. The van der Waals surface area contributed by atoms with Gasteiger partial charge in [-0.15, -0.1) is 0 Å². The second kappa shape index (κ2) is 3.28. The van der Waals surface area contributed by atoms with Crippen LogP contribution >= 0.6 is 0 Å². The molecule has 0 aromatic rings. The van der Waals surface area contributed by atoms with Gasteiger partial charge < -0.3 is 4.74 Å². The Labute approximate surface area is 74.4 Å². The van der Waals surface area contributed by atoms with Crippen LogP contribution in [-0.2, 0) is 4.74 Å². The molecular formula is C11H16O. The summed E-state index contributed by atoms with van der Waals surface area (Å²) >= 11 is 0. The van der Waals surface area contributed by atoms with Crippen molar-refractivity contribution in [2.24, 2.45) is 5.41 Å². The van der Waals surface area contributed by atoms with Crippen LogP contribution in [-0.4, -0.2) is 13.2 Å². The lowest BCUT2D eigenvalue weighted by Gasteiger charge is -2.38. The molecular weight excluding hydrogens is 148 g/mol. The van der Waals surface area contributed by atoms with E-state index in [1.807, 2.05) is 19.1 Å². The van der Waals surface area contributed by atoms with E-state index in [9.17, 15) is 0 Å². The zero-order valence-electron chi connectivity index (χ0n) is 7.89. The van der Waals surface area contributed by atoms with Gasteiger partial charge in [0.2, 0.25) is 0 Å². The highest BCUT2D eigenvalue weighted by Gasteiger charge is 2.34. The molecule has 1 heterocycles. The van der Waals surface area contributed by atoms with Crippen molar-refractivity contribution < 1.29 is 4.74 Å². The maximum absolute atomic E-state index is 5.15. The van der Waals surface area contributed by atoms with Crippen LogP contribution in [0.1, 0.15) is 13.8 Å². The van der Waals surface area contributed by atoms with Gasteiger partial charge >= 0.3 is 0 Å². The molecule has 0 bridgehead atoms. The summed E-state index contributed by atoms with van der Waals surface area (Å²) < 4.78 is 5.15. The Kier molecular flexibility index (Phi) is 2.53. The van der Waals surface area contributed by atoms with Crippen molar-refractivity contribution in [3.63, 3.8) is 0 Å². The van der Waals surface area contributed by atoms with Crippen LogP contribution in [0.3, 0.4) is 0 Å². The van der Waals surface area contributed by atoms with E-state index >= 15 is 0 Å². The van der Waals surface area contributed by atoms with Gasteiger partial charge in [-0.05, 0) is 12.5 Å². The summed E-state index contributed by atoms with van der Waals surface area (Å²) in [6.45, 7) is 13.5. The summed E-state index contributed by atoms with van der Waals surface area (Å²) in [4.78, 5) is 0. The largest absolute Gasteiger partial charge is 0.379 e. The van der Waals surface area contributed by atoms with E-state index in [0.29, 0.717) is 0 Å². The average Bonchev–Trinajstić information content (AvgIpc) is 1.95. The fourth-order valence-electron chi connectivity index (χ4n) is 1.04. The Balaban J connectivity index is 2.53. The van der Waals surface area contributed by atoms with Crippen molar-refractivity contribution in [2.75, 3.05) is 13.2 Å². The summed E-state index contributed by atoms with van der Waals surface area (Å²) in [6, 6.07) is 0. The van der Waals surface area contributed by atoms with Gasteiger partial charge in [0.15, 0.2) is 0 Å². The molecule has 0 aromatic heterocycles. The van der Waals surface area contributed by atoms with E-state index in [4.69, 9.17) is 4.74 Å². The molecule has 0 spiro atoms. The molecule has 0 unspecified atom stereocenters. The number of rotatable bonds is 3. The quantitative estimate of drug-likeness (QED) is 0.583. The highest BCUT2D eigenvalue weighted by Crippen LogP contribution is 2.34. The molecule has 0 radical (unpaired) electrons. The van der Waals surface area contributed by atoms with Crippen LogP contribution in [0.5, 0.6) is 0 Å². The van der Waals surface area contributed by atoms with Crippen LogP contribution in [0, 0.1) is 5.41 Å². The summed E-state index contributed by atoms with van der Waals surface area (Å²) in [5.41, 5.74) is 2.36. The molecule has 0 aliphatic carbocycles. The SMILES string of the molecule is C=C(C)/C=C\C(=C)C1(C)COC1. The second-order valence-electron chi connectivity index (χ2n) is 3.76. The molecule has 0 saturated carbocycles. The van der Waals surface area contributed by atoms with Crippen LogP contribution < -0.4 is 0 Å². The molecule has 0 aromatic carbocycles. The van der Waals surface area contributed by atoms with E-state index in [2.05, 4.69) is 20.1 Å². The van der Waals surface area contributed by atoms with Gasteiger partial charge in [0.1, 0.15) is 0 Å². The van der Waals surface area contributed by atoms with Crippen molar-refractivity contribution in [2.45, 2.75) is 13.8 Å². The third-order valence-electron chi connectivity index (χ3n) is 2.19. The van der Waals surface area contributed by atoms with Gasteiger partial charge in [-0.1, -0.05) is 37.8 Å². The molecule has 0 amide bonds. The van der Waals surface area contributed by atoms with Crippen molar-refractivity contribution >= 4 is 0 Å². The Morgan fingerprint density at radius 1 is 1.33 bits per heavy atom. The Morgan fingerprint density at radius 3 is 2.25 bits per heavy atom. The lowest BCUT2D eigenvalue weighted by molar-refractivity contribution is -0.0756. The Hall–Kier alpha value is -0.820. The van der Waals surface area contributed by atoms with Crippen molar-refractivity contribution in [1.82, 2.24) is 0 Å². The average molecular weight is 164 g/mol. The van der Waals surface area contributed by atoms with E-state index in [1.54, 1.807) is 0 Å². The Bertz CT molecular complexity index is 231. The summed E-state index contributed by atoms with van der Waals surface area (Å²) in [5.74, 6) is 0. The van der Waals surface area contributed by atoms with Crippen molar-refractivity contribution in [3.05, 3.63) is 36.5 Å². The van der Waals surface area contributed by atoms with Gasteiger partial charge in [0.05, 0.1) is 13.2 Å². The standard InChI is InChI=1S/C11H16O/c1-9(2)5-6-10(3)11(4)7-12-8-11/h5-6H,1,3,7-8H2,2,4H3/b6-5-. The molecule has 1 aliphatic rings. The van der Waals surface area contributed by atoms with Crippen LogP contribution in [0.15, 0.2) is 36.5 Å². The first-order valence-electron chi connectivity index (χ1n) is 4.15. The predicted octanol–water partition coefficient (Wildman–Crippen LogP) is 2.71. The molecule has 0 N–H and O–H groups in total. The summed E-state index contributed by atoms with van der Waals surface area (Å²) in [5, 5.41) is 0. The predicted molar refractivity (Wildman–Crippen MR) is 52.0 cm³/mol. The fourth-order valence-corrected chi connectivity index (χ4v) is 1.04. The van der Waals surface area contributed by atoms with Gasteiger partial charge in [0.25, 0.3) is 0 Å². The molecule has 1 heteroatoms. The highest BCUT2D eigenvalue weighted by atomic mass is 16.5. The molecule has 12 heavy (non-hydrogen) atoms. The number of hydrogen-bond donors (Lipinski definition) is 0.